The Morgan fingerprint density at radius 2 is 1.79 bits per heavy atom. The molecule has 1 heterocycles. The van der Waals surface area contributed by atoms with Gasteiger partial charge in [-0.25, -0.2) is 13.8 Å². The molecule has 29 heavy (non-hydrogen) atoms. The van der Waals surface area contributed by atoms with E-state index < -0.39 is 11.6 Å². The second-order valence-corrected chi connectivity index (χ2v) is 7.94. The molecular weight excluding hydrogens is 390 g/mol. The molecule has 0 aliphatic carbocycles. The van der Waals surface area contributed by atoms with Crippen LogP contribution in [0, 0.1) is 25.5 Å². The number of fused-ring (bicyclic) bond motifs is 1. The fraction of sp³-hybridized carbons (Fsp3) is 0.130. The van der Waals surface area contributed by atoms with Crippen molar-refractivity contribution in [3.63, 3.8) is 0 Å². The number of carbonyl (C=O) groups is 1. The number of amides is 1. The van der Waals surface area contributed by atoms with E-state index in [1.165, 1.54) is 11.0 Å². The lowest BCUT2D eigenvalue weighted by Crippen LogP contribution is -2.31. The number of nitrogens with zero attached hydrogens (tertiary/aromatic N) is 2. The molecule has 3 aromatic carbocycles. The number of aromatic nitrogens is 1. The van der Waals surface area contributed by atoms with Crippen molar-refractivity contribution in [1.82, 2.24) is 4.98 Å². The van der Waals surface area contributed by atoms with E-state index in [4.69, 9.17) is 0 Å². The van der Waals surface area contributed by atoms with Crippen molar-refractivity contribution in [3.8, 4) is 0 Å². The summed E-state index contributed by atoms with van der Waals surface area (Å²) in [6.07, 6.45) is 0. The van der Waals surface area contributed by atoms with Crippen molar-refractivity contribution in [2.75, 3.05) is 4.90 Å². The molecule has 0 N–H and O–H groups in total. The number of hydrogen-bond donors (Lipinski definition) is 0. The summed E-state index contributed by atoms with van der Waals surface area (Å²) in [5.41, 5.74) is 3.45. The molecule has 0 fully saturated rings. The van der Waals surface area contributed by atoms with Crippen molar-refractivity contribution < 1.29 is 13.6 Å². The van der Waals surface area contributed by atoms with Gasteiger partial charge in [-0.3, -0.25) is 9.69 Å². The largest absolute Gasteiger partial charge is 0.279 e. The van der Waals surface area contributed by atoms with Gasteiger partial charge in [-0.1, -0.05) is 59.4 Å². The first-order valence-corrected chi connectivity index (χ1v) is 9.92. The summed E-state index contributed by atoms with van der Waals surface area (Å²) in [6.45, 7) is 4.12. The molecule has 0 saturated carbocycles. The van der Waals surface area contributed by atoms with Crippen LogP contribution in [0.4, 0.5) is 13.9 Å². The maximum Gasteiger partial charge on any atom is 0.260 e. The van der Waals surface area contributed by atoms with Crippen molar-refractivity contribution in [1.29, 1.82) is 0 Å². The van der Waals surface area contributed by atoms with E-state index in [1.807, 2.05) is 56.3 Å². The zero-order valence-corrected chi connectivity index (χ0v) is 16.8. The first kappa shape index (κ1) is 19.2. The highest BCUT2D eigenvalue weighted by Crippen LogP contribution is 2.33. The van der Waals surface area contributed by atoms with Gasteiger partial charge in [-0.15, -0.1) is 0 Å². The Morgan fingerprint density at radius 3 is 2.52 bits per heavy atom. The van der Waals surface area contributed by atoms with Crippen LogP contribution >= 0.6 is 11.3 Å². The average molecular weight is 408 g/mol. The Kier molecular flexibility index (Phi) is 5.11. The van der Waals surface area contributed by atoms with Crippen LogP contribution in [0.1, 0.15) is 27.0 Å². The third kappa shape index (κ3) is 3.89. The minimum Gasteiger partial charge on any atom is -0.279 e. The molecule has 1 aromatic heterocycles. The zero-order chi connectivity index (χ0) is 20.5. The highest BCUT2D eigenvalue weighted by Gasteiger charge is 2.24. The molecule has 3 nitrogen and oxygen atoms in total. The molecule has 0 spiro atoms. The molecule has 0 unspecified atom stereocenters. The van der Waals surface area contributed by atoms with E-state index in [9.17, 15) is 13.6 Å². The van der Waals surface area contributed by atoms with Crippen LogP contribution in [0.5, 0.6) is 0 Å². The molecule has 0 saturated heterocycles. The predicted octanol–water partition coefficient (Wildman–Crippen LogP) is 6.04. The maximum absolute atomic E-state index is 14.2. The highest BCUT2D eigenvalue weighted by atomic mass is 32.1. The number of thiazole rings is 1. The van der Waals surface area contributed by atoms with Gasteiger partial charge in [-0.2, -0.15) is 0 Å². The molecule has 0 atom stereocenters. The second kappa shape index (κ2) is 7.72. The summed E-state index contributed by atoms with van der Waals surface area (Å²) in [5.74, 6) is -1.63. The van der Waals surface area contributed by atoms with Gasteiger partial charge in [-0.05, 0) is 37.1 Å². The SMILES string of the molecule is Cc1ccc(C(=O)N(Cc2ccccc2)c2nc3c(F)cc(F)cc3s2)c(C)c1. The quantitative estimate of drug-likeness (QED) is 0.413. The summed E-state index contributed by atoms with van der Waals surface area (Å²) in [5, 5.41) is 0.332. The van der Waals surface area contributed by atoms with Crippen LogP contribution < -0.4 is 4.90 Å². The summed E-state index contributed by atoms with van der Waals surface area (Å²) in [6, 6.07) is 17.2. The van der Waals surface area contributed by atoms with E-state index in [0.717, 1.165) is 34.1 Å². The third-order valence-corrected chi connectivity index (χ3v) is 5.70. The van der Waals surface area contributed by atoms with Crippen LogP contribution in [-0.4, -0.2) is 10.9 Å². The summed E-state index contributed by atoms with van der Waals surface area (Å²) < 4.78 is 28.2. The van der Waals surface area contributed by atoms with Crippen LogP contribution in [0.15, 0.2) is 60.7 Å². The fourth-order valence-corrected chi connectivity index (χ4v) is 4.25. The van der Waals surface area contributed by atoms with Crippen molar-refractivity contribution >= 4 is 32.6 Å². The molecule has 0 aliphatic rings. The normalized spacial score (nSPS) is 11.0. The van der Waals surface area contributed by atoms with Gasteiger partial charge in [0.15, 0.2) is 10.9 Å². The monoisotopic (exact) mass is 408 g/mol. The fourth-order valence-electron chi connectivity index (χ4n) is 3.25. The van der Waals surface area contributed by atoms with Crippen molar-refractivity contribution in [3.05, 3.63) is 94.6 Å². The highest BCUT2D eigenvalue weighted by molar-refractivity contribution is 7.22. The second-order valence-electron chi connectivity index (χ2n) is 6.93. The lowest BCUT2D eigenvalue weighted by molar-refractivity contribution is 0.0984. The standard InChI is InChI=1S/C23H18F2N2OS/c1-14-8-9-18(15(2)10-14)22(28)27(13-16-6-4-3-5-7-16)23-26-21-19(25)11-17(24)12-20(21)29-23/h3-12H,13H2,1-2H3. The molecule has 0 radical (unpaired) electrons. The number of rotatable bonds is 4. The molecule has 1 amide bonds. The van der Waals surface area contributed by atoms with Gasteiger partial charge >= 0.3 is 0 Å². The molecule has 0 bridgehead atoms. The van der Waals surface area contributed by atoms with E-state index in [1.54, 1.807) is 6.07 Å². The summed E-state index contributed by atoms with van der Waals surface area (Å²) in [4.78, 5) is 19.3. The van der Waals surface area contributed by atoms with Gasteiger partial charge in [0.2, 0.25) is 0 Å². The molecule has 6 heteroatoms. The van der Waals surface area contributed by atoms with E-state index in [0.29, 0.717) is 15.4 Å². The van der Waals surface area contributed by atoms with Gasteiger partial charge in [0.05, 0.1) is 11.2 Å². The number of aryl methyl sites for hydroxylation is 2. The number of benzene rings is 3. The number of carbonyl (C=O) groups excluding carboxylic acids is 1. The lowest BCUT2D eigenvalue weighted by atomic mass is 10.0. The lowest BCUT2D eigenvalue weighted by Gasteiger charge is -2.21. The molecule has 4 rings (SSSR count). The van der Waals surface area contributed by atoms with Gasteiger partial charge in [0.1, 0.15) is 11.3 Å². The third-order valence-electron chi connectivity index (χ3n) is 4.67. The van der Waals surface area contributed by atoms with Crippen LogP contribution in [-0.2, 0) is 6.54 Å². The van der Waals surface area contributed by atoms with Gasteiger partial charge in [0.25, 0.3) is 5.91 Å². The van der Waals surface area contributed by atoms with Crippen molar-refractivity contribution in [2.45, 2.75) is 20.4 Å². The topological polar surface area (TPSA) is 33.2 Å². The zero-order valence-electron chi connectivity index (χ0n) is 15.9. The Labute approximate surface area is 171 Å². The van der Waals surface area contributed by atoms with Crippen LogP contribution in [0.3, 0.4) is 0 Å². The smallest absolute Gasteiger partial charge is 0.260 e. The van der Waals surface area contributed by atoms with Crippen LogP contribution in [0.2, 0.25) is 0 Å². The first-order valence-electron chi connectivity index (χ1n) is 9.11. The number of hydrogen-bond acceptors (Lipinski definition) is 3. The molecule has 146 valence electrons. The number of halogens is 2. The molecule has 4 aromatic rings. The minimum atomic E-state index is -0.735. The number of anilines is 1. The summed E-state index contributed by atoms with van der Waals surface area (Å²) >= 11 is 1.10. The maximum atomic E-state index is 14.2. The molecule has 0 aliphatic heterocycles. The summed E-state index contributed by atoms with van der Waals surface area (Å²) in [7, 11) is 0. The minimum absolute atomic E-state index is 0.0675. The van der Waals surface area contributed by atoms with E-state index in [-0.39, 0.29) is 18.0 Å². The Hall–Kier alpha value is -3.12. The van der Waals surface area contributed by atoms with Crippen molar-refractivity contribution in [2.24, 2.45) is 0 Å². The molecular formula is C23H18F2N2OS. The van der Waals surface area contributed by atoms with Crippen LogP contribution in [0.25, 0.3) is 10.2 Å². The Balaban J connectivity index is 1.82. The Morgan fingerprint density at radius 1 is 1.03 bits per heavy atom. The van der Waals surface area contributed by atoms with Gasteiger partial charge < -0.3 is 0 Å². The Bertz CT molecular complexity index is 1200. The first-order chi connectivity index (χ1) is 13.9. The predicted molar refractivity (Wildman–Crippen MR) is 112 cm³/mol. The van der Waals surface area contributed by atoms with Gasteiger partial charge in [0, 0.05) is 11.6 Å². The average Bonchev–Trinajstić information content (AvgIpc) is 3.10. The van der Waals surface area contributed by atoms with E-state index in [2.05, 4.69) is 4.98 Å². The van der Waals surface area contributed by atoms with E-state index >= 15 is 0 Å².